The second-order valence-electron chi connectivity index (χ2n) is 32.7. The molecule has 0 saturated carbocycles. The number of hydrogen-bond donors (Lipinski definition) is 1. The van der Waals surface area contributed by atoms with Crippen molar-refractivity contribution in [2.75, 3.05) is 47.5 Å². The van der Waals surface area contributed by atoms with Gasteiger partial charge in [0.05, 0.1) is 27.7 Å². The number of ether oxygens (including phenoxy) is 2. The van der Waals surface area contributed by atoms with Gasteiger partial charge >= 0.3 is 19.8 Å². The third-order valence-corrected chi connectivity index (χ3v) is 22.3. The molecule has 0 bridgehead atoms. The highest BCUT2D eigenvalue weighted by Gasteiger charge is 2.27. The van der Waals surface area contributed by atoms with Gasteiger partial charge in [-0.25, -0.2) is 4.57 Å². The van der Waals surface area contributed by atoms with Crippen molar-refractivity contribution in [2.45, 2.75) is 508 Å². The average Bonchev–Trinajstić information content (AvgIpc) is 1.30. The normalized spacial score (nSPS) is 12.9. The summed E-state index contributed by atoms with van der Waals surface area (Å²) in [6.45, 7) is 4.54. The number of unbranched alkanes of at least 4 members (excludes halogenated alkanes) is 71. The van der Waals surface area contributed by atoms with Crippen molar-refractivity contribution in [3.05, 3.63) is 12.2 Å². The van der Waals surface area contributed by atoms with E-state index in [1.54, 1.807) is 0 Å². The molecule has 0 aromatic carbocycles. The van der Waals surface area contributed by atoms with Gasteiger partial charge in [0.1, 0.15) is 19.8 Å². The number of likely N-dealkylation sites (N-methyl/N-ethyl adjacent to an activating group) is 1. The van der Waals surface area contributed by atoms with E-state index < -0.39 is 26.5 Å². The molecule has 0 heterocycles. The summed E-state index contributed by atoms with van der Waals surface area (Å²) in [5.41, 5.74) is 0. The zero-order valence-corrected chi connectivity index (χ0v) is 69.4. The molecule has 596 valence electrons. The second kappa shape index (κ2) is 81.8. The van der Waals surface area contributed by atoms with Crippen LogP contribution in [0.25, 0.3) is 0 Å². The van der Waals surface area contributed by atoms with Crippen LogP contribution >= 0.6 is 7.82 Å². The van der Waals surface area contributed by atoms with Crippen molar-refractivity contribution in [3.8, 4) is 0 Å². The Labute approximate surface area is 626 Å². The molecule has 2 atom stereocenters. The van der Waals surface area contributed by atoms with Crippen molar-refractivity contribution in [2.24, 2.45) is 0 Å². The van der Waals surface area contributed by atoms with Crippen LogP contribution in [0.1, 0.15) is 502 Å². The third kappa shape index (κ3) is 85.7. The maximum atomic E-state index is 12.9. The fourth-order valence-corrected chi connectivity index (χ4v) is 15.1. The molecule has 0 rings (SSSR count). The molecule has 0 aliphatic carbocycles. The molecule has 0 saturated heterocycles. The van der Waals surface area contributed by atoms with E-state index in [0.717, 1.165) is 38.5 Å². The Morgan fingerprint density at radius 2 is 0.510 bits per heavy atom. The zero-order chi connectivity index (χ0) is 72.5. The van der Waals surface area contributed by atoms with Crippen LogP contribution in [0.15, 0.2) is 12.2 Å². The highest BCUT2D eigenvalue weighted by molar-refractivity contribution is 7.47. The SMILES string of the molecule is CCCCCCCCCC/C=C\CCCCCCCCCCCCCCCCCCCCCCCCCCCCCCCC(=O)OC(COC(=O)CCCCCCCCCCCCCCCCCCCCCCCCCCCCCCCCCCCCC)COP(=O)(O)OCC[N+](C)(C)C. The van der Waals surface area contributed by atoms with Gasteiger partial charge in [0, 0.05) is 12.8 Å². The lowest BCUT2D eigenvalue weighted by atomic mass is 10.0. The number of hydrogen-bond acceptors (Lipinski definition) is 7. The van der Waals surface area contributed by atoms with Crippen molar-refractivity contribution >= 4 is 19.8 Å². The molecule has 0 aromatic rings. The lowest BCUT2D eigenvalue weighted by Gasteiger charge is -2.24. The number of esters is 2. The summed E-state index contributed by atoms with van der Waals surface area (Å²) in [7, 11) is 1.51. The molecule has 2 unspecified atom stereocenters. The molecule has 0 amide bonds. The molecular weight excluding hydrogens is 1250 g/mol. The molecule has 1 N–H and O–H groups in total. The Morgan fingerprint density at radius 3 is 0.740 bits per heavy atom. The van der Waals surface area contributed by atoms with E-state index in [-0.39, 0.29) is 25.6 Å². The molecule has 0 radical (unpaired) electrons. The summed E-state index contributed by atoms with van der Waals surface area (Å²) in [6.07, 6.45) is 106. The van der Waals surface area contributed by atoms with Crippen molar-refractivity contribution < 1.29 is 42.1 Å². The van der Waals surface area contributed by atoms with E-state index in [1.807, 2.05) is 21.1 Å². The van der Waals surface area contributed by atoms with Gasteiger partial charge in [-0.05, 0) is 38.5 Å². The topological polar surface area (TPSA) is 108 Å². The summed E-state index contributed by atoms with van der Waals surface area (Å²) in [4.78, 5) is 36.1. The van der Waals surface area contributed by atoms with Crippen LogP contribution in [0.5, 0.6) is 0 Å². The van der Waals surface area contributed by atoms with Crippen LogP contribution in [0.2, 0.25) is 0 Å². The number of carbonyl (C=O) groups is 2. The minimum absolute atomic E-state index is 0.0374. The summed E-state index contributed by atoms with van der Waals surface area (Å²) >= 11 is 0. The van der Waals surface area contributed by atoms with E-state index in [0.29, 0.717) is 17.4 Å². The smallest absolute Gasteiger partial charge is 0.462 e. The Balaban J connectivity index is 3.81. The van der Waals surface area contributed by atoms with Gasteiger partial charge in [-0.1, -0.05) is 463 Å². The number of quaternary nitrogens is 1. The molecule has 0 spiro atoms. The predicted octanol–water partition coefficient (Wildman–Crippen LogP) is 30.5. The van der Waals surface area contributed by atoms with Gasteiger partial charge < -0.3 is 18.9 Å². The maximum absolute atomic E-state index is 12.9. The molecule has 0 fully saturated rings. The van der Waals surface area contributed by atoms with E-state index >= 15 is 0 Å². The maximum Gasteiger partial charge on any atom is 0.472 e. The van der Waals surface area contributed by atoms with Crippen LogP contribution in [0.4, 0.5) is 0 Å². The summed E-state index contributed by atoms with van der Waals surface area (Å²) < 4.78 is 34.9. The summed E-state index contributed by atoms with van der Waals surface area (Å²) in [5.74, 6) is -0.763. The van der Waals surface area contributed by atoms with Crippen molar-refractivity contribution in [1.29, 1.82) is 0 Å². The van der Waals surface area contributed by atoms with Gasteiger partial charge in [-0.2, -0.15) is 0 Å². The second-order valence-corrected chi connectivity index (χ2v) is 34.2. The van der Waals surface area contributed by atoms with Crippen LogP contribution in [0.3, 0.4) is 0 Å². The number of rotatable bonds is 87. The Morgan fingerprint density at radius 1 is 0.300 bits per heavy atom. The fourth-order valence-electron chi connectivity index (χ4n) is 14.4. The van der Waals surface area contributed by atoms with E-state index in [9.17, 15) is 19.0 Å². The molecule has 10 heteroatoms. The largest absolute Gasteiger partial charge is 0.472 e. The molecule has 0 aromatic heterocycles. The zero-order valence-electron chi connectivity index (χ0n) is 68.5. The minimum atomic E-state index is -4.39. The first-order valence-corrected chi connectivity index (χ1v) is 46.9. The number of nitrogens with zero attached hydrogens (tertiary/aromatic N) is 1. The Bertz CT molecular complexity index is 1690. The van der Waals surface area contributed by atoms with E-state index in [1.165, 1.54) is 437 Å². The van der Waals surface area contributed by atoms with E-state index in [2.05, 4.69) is 26.0 Å². The molecule has 100 heavy (non-hydrogen) atoms. The number of phosphoric ester groups is 1. The van der Waals surface area contributed by atoms with Gasteiger partial charge in [-0.3, -0.25) is 18.6 Å². The fraction of sp³-hybridized carbons (Fsp3) is 0.956. The van der Waals surface area contributed by atoms with Gasteiger partial charge in [0.25, 0.3) is 0 Å². The monoisotopic (exact) mass is 1430 g/mol. The summed E-state index contributed by atoms with van der Waals surface area (Å²) in [6, 6.07) is 0. The quantitative estimate of drug-likeness (QED) is 0.0211. The molecule has 0 aliphatic rings. The number of phosphoric acid groups is 1. The lowest BCUT2D eigenvalue weighted by molar-refractivity contribution is -0.870. The first-order valence-electron chi connectivity index (χ1n) is 45.4. The standard InChI is InChI=1S/C90H178NO8P/c1-6-8-10-12-14-16-18-20-22-24-26-28-30-32-34-36-38-40-42-43-44-45-46-47-49-51-53-55-57-59-61-63-65-67-69-71-73-75-77-79-81-83-90(93)99-88(87-98-100(94,95)97-85-84-91(3,4)5)86-96-89(92)82-80-78-76-74-72-70-68-66-64-62-60-58-56-54-52-50-48-41-39-37-35-33-31-29-27-25-23-21-19-17-15-13-11-9-7-2/h24,26,88H,6-23,25,27-87H2,1-5H3/p+1/b26-24-. The number of carbonyl (C=O) groups excluding carboxylic acids is 2. The van der Waals surface area contributed by atoms with E-state index in [4.69, 9.17) is 18.5 Å². The van der Waals surface area contributed by atoms with Crippen LogP contribution in [0, 0.1) is 0 Å². The first kappa shape index (κ1) is 98.8. The van der Waals surface area contributed by atoms with Crippen molar-refractivity contribution in [3.63, 3.8) is 0 Å². The van der Waals surface area contributed by atoms with Crippen molar-refractivity contribution in [1.82, 2.24) is 0 Å². The third-order valence-electron chi connectivity index (χ3n) is 21.3. The predicted molar refractivity (Wildman–Crippen MR) is 437 cm³/mol. The first-order chi connectivity index (χ1) is 49.0. The van der Waals surface area contributed by atoms with Crippen LogP contribution < -0.4 is 0 Å². The van der Waals surface area contributed by atoms with Gasteiger partial charge in [0.2, 0.25) is 0 Å². The number of allylic oxidation sites excluding steroid dienone is 2. The average molecular weight is 1430 g/mol. The highest BCUT2D eigenvalue weighted by atomic mass is 31.2. The van der Waals surface area contributed by atoms with Crippen LogP contribution in [-0.2, 0) is 32.7 Å². The molecular formula is C90H179NO8P+. The molecule has 0 aliphatic heterocycles. The highest BCUT2D eigenvalue weighted by Crippen LogP contribution is 2.43. The molecule has 9 nitrogen and oxygen atoms in total. The lowest BCUT2D eigenvalue weighted by Crippen LogP contribution is -2.37. The Hall–Kier alpha value is -1.25. The van der Waals surface area contributed by atoms with Crippen LogP contribution in [-0.4, -0.2) is 74.9 Å². The summed E-state index contributed by atoms with van der Waals surface area (Å²) in [5, 5.41) is 0. The minimum Gasteiger partial charge on any atom is -0.462 e. The van der Waals surface area contributed by atoms with Gasteiger partial charge in [0.15, 0.2) is 6.10 Å². The Kier molecular flexibility index (Phi) is 80.8. The van der Waals surface area contributed by atoms with Gasteiger partial charge in [-0.15, -0.1) is 0 Å².